The molecule has 3 aromatic rings. The van der Waals surface area contributed by atoms with E-state index in [1.165, 1.54) is 36.9 Å². The van der Waals surface area contributed by atoms with Crippen molar-refractivity contribution in [1.82, 2.24) is 10.2 Å². The molecule has 3 aromatic carbocycles. The summed E-state index contributed by atoms with van der Waals surface area (Å²) in [6, 6.07) is 24.6. The molecule has 176 valence electrons. The molecule has 2 N–H and O–H groups in total. The lowest BCUT2D eigenvalue weighted by atomic mass is 9.74. The number of piperidine rings is 1. The van der Waals surface area contributed by atoms with Crippen molar-refractivity contribution < 1.29 is 9.90 Å². The standard InChI is InChI=1S/C30H34N2O2/c33-26-15-16-27-25(21-26)14-17-29-28(27)9-6-20-32(29)19-5-4-18-31-30(34)24-12-10-23(11-13-24)22-7-2-1-3-8-22/h1-3,7-8,10-13,15-16,21,28-29,33H,4-6,9,14,17-20H2,(H,31,34)/t28-,29-/m0/s1. The first-order chi connectivity index (χ1) is 16.7. The highest BCUT2D eigenvalue weighted by Gasteiger charge is 2.35. The molecule has 1 saturated heterocycles. The van der Waals surface area contributed by atoms with Crippen molar-refractivity contribution >= 4 is 5.91 Å². The summed E-state index contributed by atoms with van der Waals surface area (Å²) in [5, 5.41) is 12.9. The molecule has 34 heavy (non-hydrogen) atoms. The van der Waals surface area contributed by atoms with E-state index in [-0.39, 0.29) is 5.91 Å². The Hall–Kier alpha value is -3.11. The van der Waals surface area contributed by atoms with E-state index < -0.39 is 0 Å². The number of phenolic OH excluding ortho intramolecular Hbond substituents is 1. The number of carbonyl (C=O) groups excluding carboxylic acids is 1. The largest absolute Gasteiger partial charge is 0.508 e. The molecule has 0 radical (unpaired) electrons. The average molecular weight is 455 g/mol. The number of unbranched alkanes of at least 4 members (excludes halogenated alkanes) is 1. The highest BCUT2D eigenvalue weighted by atomic mass is 16.3. The molecule has 1 fully saturated rings. The molecule has 4 nitrogen and oxygen atoms in total. The molecule has 4 heteroatoms. The third-order valence-electron chi connectivity index (χ3n) is 7.54. The topological polar surface area (TPSA) is 52.6 Å². The summed E-state index contributed by atoms with van der Waals surface area (Å²) in [6.07, 6.45) is 6.80. The van der Waals surface area contributed by atoms with Crippen LogP contribution in [0.5, 0.6) is 5.75 Å². The van der Waals surface area contributed by atoms with E-state index in [2.05, 4.69) is 28.4 Å². The quantitative estimate of drug-likeness (QED) is 0.446. The van der Waals surface area contributed by atoms with Crippen LogP contribution in [0.2, 0.25) is 0 Å². The summed E-state index contributed by atoms with van der Waals surface area (Å²) in [6.45, 7) is 2.98. The van der Waals surface area contributed by atoms with Gasteiger partial charge in [0.15, 0.2) is 0 Å². The van der Waals surface area contributed by atoms with Gasteiger partial charge in [0.05, 0.1) is 0 Å². The van der Waals surface area contributed by atoms with E-state index in [9.17, 15) is 9.90 Å². The minimum absolute atomic E-state index is 0.00443. The van der Waals surface area contributed by atoms with Crippen molar-refractivity contribution in [2.45, 2.75) is 50.5 Å². The van der Waals surface area contributed by atoms with E-state index >= 15 is 0 Å². The van der Waals surface area contributed by atoms with Crippen LogP contribution in [0, 0.1) is 0 Å². The molecule has 1 aliphatic carbocycles. The summed E-state index contributed by atoms with van der Waals surface area (Å²) in [4.78, 5) is 15.2. The lowest BCUT2D eigenvalue weighted by Gasteiger charge is -2.45. The molecular weight excluding hydrogens is 420 g/mol. The number of carbonyl (C=O) groups is 1. The number of nitrogens with one attached hydrogen (secondary N) is 1. The normalized spacial score (nSPS) is 19.8. The van der Waals surface area contributed by atoms with Gasteiger partial charge in [0.25, 0.3) is 5.91 Å². The van der Waals surface area contributed by atoms with Crippen LogP contribution in [0.1, 0.15) is 59.5 Å². The van der Waals surface area contributed by atoms with Gasteiger partial charge in [0.2, 0.25) is 0 Å². The van der Waals surface area contributed by atoms with Gasteiger partial charge in [0.1, 0.15) is 5.75 Å². The molecule has 5 rings (SSSR count). The first-order valence-corrected chi connectivity index (χ1v) is 12.7. The van der Waals surface area contributed by atoms with Gasteiger partial charge in [-0.2, -0.15) is 0 Å². The van der Waals surface area contributed by atoms with Crippen LogP contribution in [-0.2, 0) is 6.42 Å². The maximum Gasteiger partial charge on any atom is 0.251 e. The monoisotopic (exact) mass is 454 g/mol. The Morgan fingerprint density at radius 3 is 2.56 bits per heavy atom. The van der Waals surface area contributed by atoms with E-state index in [1.54, 1.807) is 0 Å². The van der Waals surface area contributed by atoms with Gasteiger partial charge in [-0.15, -0.1) is 0 Å². The van der Waals surface area contributed by atoms with Crippen molar-refractivity contribution in [3.63, 3.8) is 0 Å². The smallest absolute Gasteiger partial charge is 0.251 e. The Morgan fingerprint density at radius 2 is 1.74 bits per heavy atom. The number of aromatic hydroxyl groups is 1. The fourth-order valence-electron chi connectivity index (χ4n) is 5.81. The first kappa shape index (κ1) is 22.7. The molecular formula is C30H34N2O2. The number of hydrogen-bond acceptors (Lipinski definition) is 3. The van der Waals surface area contributed by atoms with E-state index in [0.29, 0.717) is 29.8 Å². The van der Waals surface area contributed by atoms with Gasteiger partial charge in [-0.05, 0) is 104 Å². The van der Waals surface area contributed by atoms with Crippen molar-refractivity contribution in [3.8, 4) is 16.9 Å². The van der Waals surface area contributed by atoms with Crippen molar-refractivity contribution in [3.05, 3.63) is 89.5 Å². The number of fused-ring (bicyclic) bond motifs is 3. The van der Waals surface area contributed by atoms with Gasteiger partial charge in [0, 0.05) is 18.2 Å². The number of benzene rings is 3. The lowest BCUT2D eigenvalue weighted by Crippen LogP contribution is -2.46. The molecule has 0 spiro atoms. The van der Waals surface area contributed by atoms with Gasteiger partial charge < -0.3 is 10.4 Å². The summed E-state index contributed by atoms with van der Waals surface area (Å²) in [5.74, 6) is 0.987. The summed E-state index contributed by atoms with van der Waals surface area (Å²) >= 11 is 0. The van der Waals surface area contributed by atoms with Crippen molar-refractivity contribution in [1.29, 1.82) is 0 Å². The molecule has 0 saturated carbocycles. The van der Waals surface area contributed by atoms with Crippen LogP contribution in [0.4, 0.5) is 0 Å². The summed E-state index contributed by atoms with van der Waals surface area (Å²) < 4.78 is 0. The average Bonchev–Trinajstić information content (AvgIpc) is 2.88. The van der Waals surface area contributed by atoms with Crippen LogP contribution >= 0.6 is 0 Å². The molecule has 0 bridgehead atoms. The van der Waals surface area contributed by atoms with Crippen molar-refractivity contribution in [2.24, 2.45) is 0 Å². The molecule has 0 unspecified atom stereocenters. The minimum Gasteiger partial charge on any atom is -0.508 e. The second-order valence-electron chi connectivity index (χ2n) is 9.68. The number of likely N-dealkylation sites (tertiary alicyclic amines) is 1. The Morgan fingerprint density at radius 1 is 0.941 bits per heavy atom. The number of phenols is 1. The Labute approximate surface area is 202 Å². The number of amides is 1. The molecule has 1 aliphatic heterocycles. The molecule has 2 atom stereocenters. The summed E-state index contributed by atoms with van der Waals surface area (Å²) in [7, 11) is 0. The molecule has 0 aromatic heterocycles. The van der Waals surface area contributed by atoms with E-state index in [4.69, 9.17) is 0 Å². The van der Waals surface area contributed by atoms with E-state index in [0.717, 1.165) is 36.9 Å². The van der Waals surface area contributed by atoms with Gasteiger partial charge in [-0.1, -0.05) is 48.5 Å². The van der Waals surface area contributed by atoms with Crippen LogP contribution in [0.25, 0.3) is 11.1 Å². The van der Waals surface area contributed by atoms with Gasteiger partial charge in [-0.25, -0.2) is 0 Å². The number of hydrogen-bond donors (Lipinski definition) is 2. The second-order valence-corrected chi connectivity index (χ2v) is 9.68. The van der Waals surface area contributed by atoms with Crippen LogP contribution in [0.15, 0.2) is 72.8 Å². The number of nitrogens with zero attached hydrogens (tertiary/aromatic N) is 1. The summed E-state index contributed by atoms with van der Waals surface area (Å²) in [5.41, 5.74) is 5.78. The maximum absolute atomic E-state index is 12.5. The van der Waals surface area contributed by atoms with Crippen molar-refractivity contribution in [2.75, 3.05) is 19.6 Å². The SMILES string of the molecule is O=C(NCCCCN1CCC[C@H]2c3ccc(O)cc3CC[C@@H]21)c1ccc(-c2ccccc2)cc1. The second kappa shape index (κ2) is 10.4. The predicted octanol–water partition coefficient (Wildman–Crippen LogP) is 5.76. The van der Waals surface area contributed by atoms with Gasteiger partial charge in [-0.3, -0.25) is 9.69 Å². The lowest BCUT2D eigenvalue weighted by molar-refractivity contribution is 0.0948. The third-order valence-corrected chi connectivity index (χ3v) is 7.54. The molecule has 1 amide bonds. The number of aryl methyl sites for hydroxylation is 1. The fraction of sp³-hybridized carbons (Fsp3) is 0.367. The Kier molecular flexibility index (Phi) is 6.96. The zero-order valence-corrected chi connectivity index (χ0v) is 19.7. The Balaban J connectivity index is 1.08. The predicted molar refractivity (Wildman–Crippen MR) is 137 cm³/mol. The molecule has 1 heterocycles. The van der Waals surface area contributed by atoms with Gasteiger partial charge >= 0.3 is 0 Å². The minimum atomic E-state index is 0.00443. The van der Waals surface area contributed by atoms with E-state index in [1.807, 2.05) is 54.6 Å². The highest BCUT2D eigenvalue weighted by Crippen LogP contribution is 2.41. The Bertz CT molecular complexity index is 1110. The molecule has 2 aliphatic rings. The zero-order valence-electron chi connectivity index (χ0n) is 19.7. The maximum atomic E-state index is 12.5. The first-order valence-electron chi connectivity index (χ1n) is 12.7. The van der Waals surface area contributed by atoms with Crippen LogP contribution in [-0.4, -0.2) is 41.6 Å². The fourth-order valence-corrected chi connectivity index (χ4v) is 5.81. The van der Waals surface area contributed by atoms with Crippen LogP contribution in [0.3, 0.4) is 0 Å². The highest BCUT2D eigenvalue weighted by molar-refractivity contribution is 5.94. The number of rotatable bonds is 7. The third kappa shape index (κ3) is 5.02. The zero-order chi connectivity index (χ0) is 23.3. The van der Waals surface area contributed by atoms with Crippen LogP contribution < -0.4 is 5.32 Å².